The van der Waals surface area contributed by atoms with Gasteiger partial charge in [-0.25, -0.2) is 4.85 Å². The standard InChI is InChI=1S/C25H41NO/c1-19(16-24(3,4)5)13-14-21(20(2)17-25(6,7)8)18-27-23-12-10-11-22(15-23)26-9/h10-12,15,19-21H,13-14,16-18H2,1-8H3. The minimum Gasteiger partial charge on any atom is -0.495 e. The molecule has 0 aliphatic rings. The van der Waals surface area contributed by atoms with Crippen molar-refractivity contribution < 1.29 is 4.74 Å². The number of benzene rings is 1. The fourth-order valence-corrected chi connectivity index (χ4v) is 4.16. The van der Waals surface area contributed by atoms with Gasteiger partial charge in [-0.1, -0.05) is 73.9 Å². The third-order valence-electron chi connectivity index (χ3n) is 5.14. The van der Waals surface area contributed by atoms with Crippen molar-refractivity contribution >= 4 is 5.69 Å². The summed E-state index contributed by atoms with van der Waals surface area (Å²) in [5, 5.41) is 0. The highest BCUT2D eigenvalue weighted by Crippen LogP contribution is 2.34. The zero-order chi connectivity index (χ0) is 20.7. The Hall–Kier alpha value is -1.49. The highest BCUT2D eigenvalue weighted by molar-refractivity contribution is 5.48. The second-order valence-corrected chi connectivity index (χ2v) is 10.9. The Morgan fingerprint density at radius 2 is 1.59 bits per heavy atom. The average molecular weight is 372 g/mol. The zero-order valence-electron chi connectivity index (χ0n) is 18.9. The van der Waals surface area contributed by atoms with Gasteiger partial charge in [-0.2, -0.15) is 0 Å². The lowest BCUT2D eigenvalue weighted by molar-refractivity contribution is 0.147. The Morgan fingerprint density at radius 1 is 0.963 bits per heavy atom. The molecule has 0 saturated carbocycles. The number of nitrogens with zero attached hydrogens (tertiary/aromatic N) is 1. The molecular weight excluding hydrogens is 330 g/mol. The Morgan fingerprint density at radius 3 is 2.15 bits per heavy atom. The van der Waals surface area contributed by atoms with Gasteiger partial charge in [0.05, 0.1) is 13.2 Å². The maximum absolute atomic E-state index is 7.18. The first-order valence-electron chi connectivity index (χ1n) is 10.5. The molecule has 1 aromatic rings. The molecule has 0 N–H and O–H groups in total. The smallest absolute Gasteiger partial charge is 0.190 e. The zero-order valence-corrected chi connectivity index (χ0v) is 18.9. The van der Waals surface area contributed by atoms with Crippen LogP contribution < -0.4 is 4.74 Å². The van der Waals surface area contributed by atoms with Crippen LogP contribution in [0.1, 0.15) is 81.1 Å². The van der Waals surface area contributed by atoms with Crippen molar-refractivity contribution in [1.82, 2.24) is 0 Å². The number of hydrogen-bond acceptors (Lipinski definition) is 1. The maximum Gasteiger partial charge on any atom is 0.190 e. The highest BCUT2D eigenvalue weighted by atomic mass is 16.5. The first kappa shape index (κ1) is 23.5. The van der Waals surface area contributed by atoms with E-state index in [-0.39, 0.29) is 0 Å². The normalized spacial score (nSPS) is 15.7. The largest absolute Gasteiger partial charge is 0.495 e. The summed E-state index contributed by atoms with van der Waals surface area (Å²) in [6.07, 6.45) is 4.93. The summed E-state index contributed by atoms with van der Waals surface area (Å²) in [5.74, 6) is 2.72. The second kappa shape index (κ2) is 10.2. The SMILES string of the molecule is [C-]#[N+]c1cccc(OCC(CCC(C)CC(C)(C)C)C(C)CC(C)(C)C)c1. The third kappa shape index (κ3) is 10.4. The summed E-state index contributed by atoms with van der Waals surface area (Å²) in [4.78, 5) is 3.51. The van der Waals surface area contributed by atoms with Crippen LogP contribution in [0.2, 0.25) is 0 Å². The minimum absolute atomic E-state index is 0.332. The van der Waals surface area contributed by atoms with Crippen LogP contribution in [0, 0.1) is 35.2 Å². The van der Waals surface area contributed by atoms with Gasteiger partial charge < -0.3 is 4.74 Å². The fraction of sp³-hybridized carbons (Fsp3) is 0.720. The Labute approximate surface area is 168 Å². The highest BCUT2D eigenvalue weighted by Gasteiger charge is 2.25. The fourth-order valence-electron chi connectivity index (χ4n) is 4.16. The van der Waals surface area contributed by atoms with E-state index in [1.54, 1.807) is 0 Å². The Kier molecular flexibility index (Phi) is 8.86. The van der Waals surface area contributed by atoms with Crippen LogP contribution in [-0.4, -0.2) is 6.61 Å². The van der Waals surface area contributed by atoms with Gasteiger partial charge in [-0.15, -0.1) is 0 Å². The molecule has 1 rings (SSSR count). The van der Waals surface area contributed by atoms with Crippen molar-refractivity contribution in [3.63, 3.8) is 0 Å². The molecule has 2 heteroatoms. The topological polar surface area (TPSA) is 13.6 Å². The molecule has 1 aromatic carbocycles. The summed E-state index contributed by atoms with van der Waals surface area (Å²) < 4.78 is 6.14. The number of ether oxygens (including phenoxy) is 1. The van der Waals surface area contributed by atoms with Crippen LogP contribution >= 0.6 is 0 Å². The van der Waals surface area contributed by atoms with E-state index < -0.39 is 0 Å². The molecule has 0 heterocycles. The minimum atomic E-state index is 0.332. The predicted molar refractivity (Wildman–Crippen MR) is 117 cm³/mol. The maximum atomic E-state index is 7.18. The summed E-state index contributed by atoms with van der Waals surface area (Å²) >= 11 is 0. The van der Waals surface area contributed by atoms with Gasteiger partial charge in [0.2, 0.25) is 0 Å². The van der Waals surface area contributed by atoms with E-state index in [0.29, 0.717) is 28.4 Å². The molecule has 0 saturated heterocycles. The van der Waals surface area contributed by atoms with Gasteiger partial charge in [0.15, 0.2) is 5.69 Å². The molecule has 0 aromatic heterocycles. The summed E-state index contributed by atoms with van der Waals surface area (Å²) in [6, 6.07) is 7.54. The monoisotopic (exact) mass is 371 g/mol. The van der Waals surface area contributed by atoms with Gasteiger partial charge >= 0.3 is 0 Å². The van der Waals surface area contributed by atoms with Gasteiger partial charge in [-0.05, 0) is 60.0 Å². The lowest BCUT2D eigenvalue weighted by Gasteiger charge is -2.31. The summed E-state index contributed by atoms with van der Waals surface area (Å²) in [5.41, 5.74) is 1.37. The van der Waals surface area contributed by atoms with E-state index in [9.17, 15) is 0 Å². The van der Waals surface area contributed by atoms with Gasteiger partial charge in [0, 0.05) is 0 Å². The quantitative estimate of drug-likeness (QED) is 0.399. The molecule has 0 spiro atoms. The second-order valence-electron chi connectivity index (χ2n) is 10.9. The van der Waals surface area contributed by atoms with Gasteiger partial charge in [0.25, 0.3) is 0 Å². The molecule has 0 bridgehead atoms. The molecule has 0 aliphatic carbocycles. The van der Waals surface area contributed by atoms with Crippen LogP contribution in [0.3, 0.4) is 0 Å². The van der Waals surface area contributed by atoms with E-state index in [4.69, 9.17) is 11.3 Å². The first-order valence-corrected chi connectivity index (χ1v) is 10.5. The third-order valence-corrected chi connectivity index (χ3v) is 5.14. The van der Waals surface area contributed by atoms with Gasteiger partial charge in [-0.3, -0.25) is 0 Å². The van der Waals surface area contributed by atoms with Crippen molar-refractivity contribution in [2.75, 3.05) is 6.61 Å². The van der Waals surface area contributed by atoms with E-state index in [2.05, 4.69) is 60.2 Å². The van der Waals surface area contributed by atoms with Crippen LogP contribution in [0.5, 0.6) is 5.75 Å². The van der Waals surface area contributed by atoms with Crippen molar-refractivity contribution in [2.45, 2.75) is 81.1 Å². The summed E-state index contributed by atoms with van der Waals surface area (Å²) in [7, 11) is 0. The van der Waals surface area contributed by atoms with Crippen LogP contribution in [0.25, 0.3) is 4.85 Å². The lowest BCUT2D eigenvalue weighted by atomic mass is 9.76. The van der Waals surface area contributed by atoms with E-state index in [1.165, 1.54) is 25.7 Å². The molecular formula is C25H41NO. The molecule has 0 radical (unpaired) electrons. The molecule has 0 aliphatic heterocycles. The molecule has 3 atom stereocenters. The van der Waals surface area contributed by atoms with E-state index in [1.807, 2.05) is 24.3 Å². The van der Waals surface area contributed by atoms with E-state index >= 15 is 0 Å². The number of hydrogen-bond donors (Lipinski definition) is 0. The van der Waals surface area contributed by atoms with Crippen molar-refractivity contribution in [1.29, 1.82) is 0 Å². The molecule has 3 unspecified atom stereocenters. The van der Waals surface area contributed by atoms with Crippen molar-refractivity contribution in [3.05, 3.63) is 35.7 Å². The summed E-state index contributed by atoms with van der Waals surface area (Å²) in [6.45, 7) is 26.6. The van der Waals surface area contributed by atoms with Crippen LogP contribution in [0.15, 0.2) is 24.3 Å². The number of rotatable bonds is 9. The van der Waals surface area contributed by atoms with Crippen LogP contribution in [-0.2, 0) is 0 Å². The first-order chi connectivity index (χ1) is 12.4. The molecule has 0 amide bonds. The molecule has 27 heavy (non-hydrogen) atoms. The lowest BCUT2D eigenvalue weighted by Crippen LogP contribution is -2.25. The molecule has 152 valence electrons. The average Bonchev–Trinajstić information content (AvgIpc) is 2.51. The van der Waals surface area contributed by atoms with Crippen LogP contribution in [0.4, 0.5) is 5.69 Å². The predicted octanol–water partition coefficient (Wildman–Crippen LogP) is 8.16. The molecule has 0 fully saturated rings. The Balaban J connectivity index is 2.73. The molecule has 2 nitrogen and oxygen atoms in total. The van der Waals surface area contributed by atoms with Crippen molar-refractivity contribution in [3.8, 4) is 5.75 Å². The Bertz CT molecular complexity index is 600. The van der Waals surface area contributed by atoms with Gasteiger partial charge in [0.1, 0.15) is 5.75 Å². The van der Waals surface area contributed by atoms with Crippen molar-refractivity contribution in [2.24, 2.45) is 28.6 Å². The van der Waals surface area contributed by atoms with E-state index in [0.717, 1.165) is 18.3 Å².